The molecule has 166 valence electrons. The van der Waals surface area contributed by atoms with E-state index in [1.807, 2.05) is 91.0 Å². The first kappa shape index (κ1) is 21.6. The second-order valence-corrected chi connectivity index (χ2v) is 8.23. The van der Waals surface area contributed by atoms with Gasteiger partial charge in [0.2, 0.25) is 0 Å². The number of pyridine rings is 1. The minimum Gasteiger partial charge on any atom is -0.449 e. The van der Waals surface area contributed by atoms with Crippen LogP contribution < -0.4 is 0 Å². The van der Waals surface area contributed by atoms with Crippen molar-refractivity contribution >= 4 is 16.9 Å². The molecule has 1 heterocycles. The van der Waals surface area contributed by atoms with Crippen LogP contribution in [-0.4, -0.2) is 11.0 Å². The number of aromatic nitrogens is 1. The van der Waals surface area contributed by atoms with Crippen molar-refractivity contribution < 1.29 is 9.53 Å². The molecule has 0 bridgehead atoms. The van der Waals surface area contributed by atoms with E-state index < -0.39 is 6.10 Å². The summed E-state index contributed by atoms with van der Waals surface area (Å²) in [6, 6.07) is 37.5. The maximum atomic E-state index is 13.6. The van der Waals surface area contributed by atoms with Gasteiger partial charge in [-0.1, -0.05) is 110 Å². The van der Waals surface area contributed by atoms with Gasteiger partial charge in [0, 0.05) is 10.9 Å². The van der Waals surface area contributed by atoms with Crippen LogP contribution in [0.3, 0.4) is 0 Å². The third-order valence-electron chi connectivity index (χ3n) is 6.02. The fraction of sp³-hybridized carbons (Fsp3) is 0.0968. The maximum Gasteiger partial charge on any atom is 0.339 e. The Labute approximate surface area is 199 Å². The zero-order chi connectivity index (χ0) is 23.3. The topological polar surface area (TPSA) is 39.2 Å². The third-order valence-corrected chi connectivity index (χ3v) is 6.02. The van der Waals surface area contributed by atoms with Crippen LogP contribution in [0.5, 0.6) is 0 Å². The van der Waals surface area contributed by atoms with E-state index in [4.69, 9.17) is 9.72 Å². The molecule has 0 unspecified atom stereocenters. The van der Waals surface area contributed by atoms with E-state index in [9.17, 15) is 4.79 Å². The first-order valence-corrected chi connectivity index (χ1v) is 11.5. The number of fused-ring (bicyclic) bond motifs is 1. The molecule has 4 aromatic carbocycles. The van der Waals surface area contributed by atoms with Crippen molar-refractivity contribution in [3.05, 3.63) is 138 Å². The summed E-state index contributed by atoms with van der Waals surface area (Å²) < 4.78 is 6.18. The summed E-state index contributed by atoms with van der Waals surface area (Å²) in [6.45, 7) is 2.13. The van der Waals surface area contributed by atoms with Crippen molar-refractivity contribution in [2.24, 2.45) is 0 Å². The van der Waals surface area contributed by atoms with Crippen LogP contribution in [-0.2, 0) is 11.2 Å². The first-order valence-electron chi connectivity index (χ1n) is 11.5. The largest absolute Gasteiger partial charge is 0.449 e. The Morgan fingerprint density at radius 2 is 1.35 bits per heavy atom. The van der Waals surface area contributed by atoms with Gasteiger partial charge in [0.15, 0.2) is 6.10 Å². The average Bonchev–Trinajstić information content (AvgIpc) is 2.92. The molecule has 0 saturated carbocycles. The van der Waals surface area contributed by atoms with Crippen molar-refractivity contribution in [1.29, 1.82) is 0 Å². The van der Waals surface area contributed by atoms with Crippen LogP contribution in [0.4, 0.5) is 0 Å². The van der Waals surface area contributed by atoms with Crippen LogP contribution in [0.25, 0.3) is 22.2 Å². The SMILES string of the molecule is CCc1ccc(-c2cc(C(=O)OC(c3ccccc3)c3ccccc3)c3ccccc3n2)cc1. The third kappa shape index (κ3) is 4.46. The van der Waals surface area contributed by atoms with Crippen molar-refractivity contribution in [3.8, 4) is 11.3 Å². The molecule has 0 amide bonds. The zero-order valence-corrected chi connectivity index (χ0v) is 19.0. The van der Waals surface area contributed by atoms with Gasteiger partial charge < -0.3 is 4.74 Å². The van der Waals surface area contributed by atoms with Crippen LogP contribution in [0.15, 0.2) is 115 Å². The van der Waals surface area contributed by atoms with Gasteiger partial charge in [-0.15, -0.1) is 0 Å². The normalized spacial score (nSPS) is 11.0. The molecule has 0 aliphatic carbocycles. The number of esters is 1. The molecule has 34 heavy (non-hydrogen) atoms. The summed E-state index contributed by atoms with van der Waals surface area (Å²) in [5, 5.41) is 0.779. The number of carbonyl (C=O) groups is 1. The number of carbonyl (C=O) groups excluding carboxylic acids is 1. The standard InChI is InChI=1S/C31H25NO2/c1-2-22-17-19-23(20-18-22)29-21-27(26-15-9-10-16-28(26)32-29)31(33)34-30(24-11-5-3-6-12-24)25-13-7-4-8-14-25/h3-21,30H,2H2,1H3. The first-order chi connectivity index (χ1) is 16.7. The van der Waals surface area contributed by atoms with Gasteiger partial charge in [0.1, 0.15) is 0 Å². The maximum absolute atomic E-state index is 13.6. The Hall–Kier alpha value is -4.24. The molecule has 5 rings (SSSR count). The van der Waals surface area contributed by atoms with Gasteiger partial charge in [-0.25, -0.2) is 9.78 Å². The Kier molecular flexibility index (Phi) is 6.17. The molecular formula is C31H25NO2. The summed E-state index contributed by atoms with van der Waals surface area (Å²) in [6.07, 6.45) is 0.470. The molecule has 5 aromatic rings. The van der Waals surface area contributed by atoms with E-state index in [0.717, 1.165) is 39.7 Å². The van der Waals surface area contributed by atoms with Crippen LogP contribution in [0.1, 0.15) is 40.1 Å². The summed E-state index contributed by atoms with van der Waals surface area (Å²) in [5.74, 6) is -0.372. The molecule has 0 fully saturated rings. The lowest BCUT2D eigenvalue weighted by atomic mass is 10.0. The van der Waals surface area contributed by atoms with Crippen LogP contribution in [0, 0.1) is 0 Å². The highest BCUT2D eigenvalue weighted by Gasteiger charge is 2.22. The molecule has 1 aromatic heterocycles. The zero-order valence-electron chi connectivity index (χ0n) is 19.0. The molecule has 0 aliphatic heterocycles. The number of hydrogen-bond acceptors (Lipinski definition) is 3. The van der Waals surface area contributed by atoms with E-state index in [0.29, 0.717) is 5.56 Å². The number of aryl methyl sites for hydroxylation is 1. The quantitative estimate of drug-likeness (QED) is 0.257. The van der Waals surface area contributed by atoms with Gasteiger partial charge in [-0.05, 0) is 35.2 Å². The van der Waals surface area contributed by atoms with Gasteiger partial charge >= 0.3 is 5.97 Å². The Bertz CT molecular complexity index is 1370. The molecule has 0 spiro atoms. The van der Waals surface area contributed by atoms with Crippen molar-refractivity contribution in [2.75, 3.05) is 0 Å². The molecule has 0 aliphatic rings. The molecule has 0 saturated heterocycles. The lowest BCUT2D eigenvalue weighted by Gasteiger charge is -2.20. The Balaban J connectivity index is 1.57. The summed E-state index contributed by atoms with van der Waals surface area (Å²) in [4.78, 5) is 18.5. The molecule has 0 radical (unpaired) electrons. The van der Waals surface area contributed by atoms with E-state index >= 15 is 0 Å². The predicted octanol–water partition coefficient (Wildman–Crippen LogP) is 7.41. The number of para-hydroxylation sites is 1. The van der Waals surface area contributed by atoms with Crippen molar-refractivity contribution in [2.45, 2.75) is 19.4 Å². The molecule has 3 heteroatoms. The molecule has 3 nitrogen and oxygen atoms in total. The lowest BCUT2D eigenvalue weighted by Crippen LogP contribution is -2.14. The highest BCUT2D eigenvalue weighted by Crippen LogP contribution is 2.30. The van der Waals surface area contributed by atoms with Crippen LogP contribution >= 0.6 is 0 Å². The second-order valence-electron chi connectivity index (χ2n) is 8.23. The number of ether oxygens (including phenoxy) is 1. The number of hydrogen-bond donors (Lipinski definition) is 0. The van der Waals surface area contributed by atoms with Gasteiger partial charge in [-0.2, -0.15) is 0 Å². The minimum atomic E-state index is -0.505. The predicted molar refractivity (Wildman–Crippen MR) is 137 cm³/mol. The minimum absolute atomic E-state index is 0.372. The van der Waals surface area contributed by atoms with Crippen LogP contribution in [0.2, 0.25) is 0 Å². The van der Waals surface area contributed by atoms with Gasteiger partial charge in [0.25, 0.3) is 0 Å². The fourth-order valence-corrected chi connectivity index (χ4v) is 4.16. The van der Waals surface area contributed by atoms with E-state index in [-0.39, 0.29) is 5.97 Å². The number of rotatable bonds is 6. The summed E-state index contributed by atoms with van der Waals surface area (Å²) in [5.41, 5.74) is 6.12. The molecule has 0 atom stereocenters. The molecule has 0 N–H and O–H groups in total. The average molecular weight is 444 g/mol. The van der Waals surface area contributed by atoms with E-state index in [1.165, 1.54) is 5.56 Å². The Morgan fingerprint density at radius 1 is 0.765 bits per heavy atom. The lowest BCUT2D eigenvalue weighted by molar-refractivity contribution is 0.0380. The smallest absolute Gasteiger partial charge is 0.339 e. The second kappa shape index (κ2) is 9.72. The van der Waals surface area contributed by atoms with Crippen molar-refractivity contribution in [3.63, 3.8) is 0 Å². The van der Waals surface area contributed by atoms with E-state index in [2.05, 4.69) is 31.2 Å². The Morgan fingerprint density at radius 3 is 1.97 bits per heavy atom. The molecular weight excluding hydrogens is 418 g/mol. The number of benzene rings is 4. The number of nitrogens with zero attached hydrogens (tertiary/aromatic N) is 1. The fourth-order valence-electron chi connectivity index (χ4n) is 4.16. The highest BCUT2D eigenvalue weighted by atomic mass is 16.5. The van der Waals surface area contributed by atoms with Gasteiger partial charge in [0.05, 0.1) is 16.8 Å². The summed E-state index contributed by atoms with van der Waals surface area (Å²) >= 11 is 0. The van der Waals surface area contributed by atoms with Crippen molar-refractivity contribution in [1.82, 2.24) is 4.98 Å². The highest BCUT2D eigenvalue weighted by molar-refractivity contribution is 6.04. The summed E-state index contributed by atoms with van der Waals surface area (Å²) in [7, 11) is 0. The monoisotopic (exact) mass is 443 g/mol. The van der Waals surface area contributed by atoms with E-state index in [1.54, 1.807) is 0 Å². The van der Waals surface area contributed by atoms with Gasteiger partial charge in [-0.3, -0.25) is 0 Å².